The number of rotatable bonds is 4. The molecule has 110 valence electrons. The van der Waals surface area contributed by atoms with Crippen LogP contribution >= 0.6 is 0 Å². The van der Waals surface area contributed by atoms with E-state index < -0.39 is 0 Å². The summed E-state index contributed by atoms with van der Waals surface area (Å²) < 4.78 is 4.28. The highest BCUT2D eigenvalue weighted by Crippen LogP contribution is 2.16. The van der Waals surface area contributed by atoms with Crippen LogP contribution in [0.4, 0.5) is 5.95 Å². The van der Waals surface area contributed by atoms with E-state index in [2.05, 4.69) is 10.3 Å². The molecule has 0 aliphatic carbocycles. The minimum atomic E-state index is -0.360. The molecular formula is C12H20N6O2. The minimum Gasteiger partial charge on any atom is -0.354 e. The van der Waals surface area contributed by atoms with Crippen LogP contribution in [0.3, 0.4) is 0 Å². The fourth-order valence-electron chi connectivity index (χ4n) is 2.20. The molecule has 0 amide bonds. The standard InChI is InChI=1S/C12H20N6O2/c1-7(2)18-9-8(10(19)17(4)12(18)20)16(3)11(15-9)14-6-5-13/h7H,5-6,13H2,1-4H3,(H,14,15). The van der Waals surface area contributed by atoms with Gasteiger partial charge >= 0.3 is 5.69 Å². The van der Waals surface area contributed by atoms with Gasteiger partial charge in [0.25, 0.3) is 5.56 Å². The van der Waals surface area contributed by atoms with Gasteiger partial charge in [-0.15, -0.1) is 0 Å². The first-order valence-electron chi connectivity index (χ1n) is 6.52. The molecule has 0 spiro atoms. The maximum atomic E-state index is 12.3. The Morgan fingerprint density at radius 2 is 1.90 bits per heavy atom. The molecule has 2 aromatic rings. The third kappa shape index (κ3) is 2.01. The molecule has 0 unspecified atom stereocenters. The largest absolute Gasteiger partial charge is 0.354 e. The van der Waals surface area contributed by atoms with Gasteiger partial charge in [-0.2, -0.15) is 4.98 Å². The average Bonchev–Trinajstić information content (AvgIpc) is 2.70. The lowest BCUT2D eigenvalue weighted by Crippen LogP contribution is -2.39. The minimum absolute atomic E-state index is 0.0888. The predicted molar refractivity (Wildman–Crippen MR) is 78.1 cm³/mol. The third-order valence-electron chi connectivity index (χ3n) is 3.25. The maximum absolute atomic E-state index is 12.3. The third-order valence-corrected chi connectivity index (χ3v) is 3.25. The number of hydrogen-bond acceptors (Lipinski definition) is 5. The lowest BCUT2D eigenvalue weighted by atomic mass is 10.3. The summed E-state index contributed by atoms with van der Waals surface area (Å²) in [6, 6.07) is -0.0888. The topological polar surface area (TPSA) is 99.9 Å². The Labute approximate surface area is 115 Å². The van der Waals surface area contributed by atoms with Crippen LogP contribution in [0.15, 0.2) is 9.59 Å². The summed E-state index contributed by atoms with van der Waals surface area (Å²) in [4.78, 5) is 28.9. The van der Waals surface area contributed by atoms with Gasteiger partial charge in [0.05, 0.1) is 0 Å². The van der Waals surface area contributed by atoms with Crippen molar-refractivity contribution in [3.05, 3.63) is 20.8 Å². The molecule has 2 rings (SSSR count). The molecule has 8 heteroatoms. The summed E-state index contributed by atoms with van der Waals surface area (Å²) >= 11 is 0. The van der Waals surface area contributed by atoms with E-state index in [1.54, 1.807) is 11.6 Å². The second-order valence-electron chi connectivity index (χ2n) is 4.99. The highest BCUT2D eigenvalue weighted by molar-refractivity contribution is 5.74. The summed E-state index contributed by atoms with van der Waals surface area (Å²) in [6.45, 7) is 4.77. The van der Waals surface area contributed by atoms with Gasteiger partial charge in [0, 0.05) is 33.2 Å². The number of imidazole rings is 1. The van der Waals surface area contributed by atoms with Gasteiger partial charge in [-0.25, -0.2) is 4.79 Å². The first-order chi connectivity index (χ1) is 9.40. The van der Waals surface area contributed by atoms with Crippen molar-refractivity contribution in [2.24, 2.45) is 19.8 Å². The Morgan fingerprint density at radius 3 is 2.45 bits per heavy atom. The SMILES string of the molecule is CC(C)n1c(=O)n(C)c(=O)c2c1nc(NCCN)n2C. The van der Waals surface area contributed by atoms with Crippen LogP contribution in [-0.2, 0) is 14.1 Å². The van der Waals surface area contributed by atoms with Crippen LogP contribution in [0.2, 0.25) is 0 Å². The van der Waals surface area contributed by atoms with Crippen molar-refractivity contribution in [3.63, 3.8) is 0 Å². The van der Waals surface area contributed by atoms with Crippen molar-refractivity contribution in [3.8, 4) is 0 Å². The molecule has 0 bridgehead atoms. The lowest BCUT2D eigenvalue weighted by Gasteiger charge is -2.11. The van der Waals surface area contributed by atoms with Crippen molar-refractivity contribution in [1.29, 1.82) is 0 Å². The van der Waals surface area contributed by atoms with Crippen LogP contribution in [0.25, 0.3) is 11.2 Å². The zero-order valence-electron chi connectivity index (χ0n) is 12.2. The smallest absolute Gasteiger partial charge is 0.332 e. The van der Waals surface area contributed by atoms with Gasteiger partial charge in [-0.05, 0) is 13.8 Å². The molecule has 0 saturated heterocycles. The number of nitrogens with two attached hydrogens (primary N) is 1. The van der Waals surface area contributed by atoms with Gasteiger partial charge in [0.2, 0.25) is 5.95 Å². The van der Waals surface area contributed by atoms with E-state index in [0.29, 0.717) is 30.2 Å². The number of anilines is 1. The highest BCUT2D eigenvalue weighted by atomic mass is 16.2. The van der Waals surface area contributed by atoms with Crippen LogP contribution in [-0.4, -0.2) is 31.8 Å². The molecular weight excluding hydrogens is 260 g/mol. The van der Waals surface area contributed by atoms with Crippen molar-refractivity contribution in [2.75, 3.05) is 18.4 Å². The second-order valence-corrected chi connectivity index (χ2v) is 4.99. The second kappa shape index (κ2) is 5.12. The zero-order valence-corrected chi connectivity index (χ0v) is 12.2. The van der Waals surface area contributed by atoms with Gasteiger partial charge in [-0.1, -0.05) is 0 Å². The molecule has 8 nitrogen and oxygen atoms in total. The molecule has 0 radical (unpaired) electrons. The van der Waals surface area contributed by atoms with Crippen LogP contribution in [0.1, 0.15) is 19.9 Å². The summed E-state index contributed by atoms with van der Waals surface area (Å²) in [6.07, 6.45) is 0. The first-order valence-corrected chi connectivity index (χ1v) is 6.52. The van der Waals surface area contributed by atoms with Gasteiger partial charge in [0.15, 0.2) is 11.2 Å². The Bertz CT molecular complexity index is 752. The van der Waals surface area contributed by atoms with Gasteiger partial charge < -0.3 is 15.6 Å². The number of hydrogen-bond donors (Lipinski definition) is 2. The van der Waals surface area contributed by atoms with Crippen LogP contribution in [0.5, 0.6) is 0 Å². The van der Waals surface area contributed by atoms with Crippen molar-refractivity contribution >= 4 is 17.1 Å². The summed E-state index contributed by atoms with van der Waals surface area (Å²) in [5, 5.41) is 3.05. The van der Waals surface area contributed by atoms with E-state index in [1.807, 2.05) is 13.8 Å². The molecule has 0 atom stereocenters. The molecule has 0 aliphatic rings. The fourth-order valence-corrected chi connectivity index (χ4v) is 2.20. The molecule has 2 aromatic heterocycles. The van der Waals surface area contributed by atoms with Crippen LogP contribution in [0, 0.1) is 0 Å². The summed E-state index contributed by atoms with van der Waals surface area (Å²) in [7, 11) is 3.22. The van der Waals surface area contributed by atoms with Gasteiger partial charge in [-0.3, -0.25) is 13.9 Å². The molecule has 3 N–H and O–H groups in total. The van der Waals surface area contributed by atoms with Crippen molar-refractivity contribution < 1.29 is 0 Å². The van der Waals surface area contributed by atoms with Gasteiger partial charge in [0.1, 0.15) is 0 Å². The number of nitrogens with zero attached hydrogens (tertiary/aromatic N) is 4. The monoisotopic (exact) mass is 280 g/mol. The molecule has 0 fully saturated rings. The predicted octanol–water partition coefficient (Wildman–Crippen LogP) is -0.615. The number of aromatic nitrogens is 4. The molecule has 0 aromatic carbocycles. The Balaban J connectivity index is 2.86. The number of fused-ring (bicyclic) bond motifs is 1. The maximum Gasteiger partial charge on any atom is 0.332 e. The molecule has 0 saturated carbocycles. The van der Waals surface area contributed by atoms with E-state index >= 15 is 0 Å². The fraction of sp³-hybridized carbons (Fsp3) is 0.583. The average molecular weight is 280 g/mol. The lowest BCUT2D eigenvalue weighted by molar-refractivity contribution is 0.552. The normalized spacial score (nSPS) is 11.5. The van der Waals surface area contributed by atoms with E-state index in [1.165, 1.54) is 11.6 Å². The Kier molecular flexibility index (Phi) is 3.67. The van der Waals surface area contributed by atoms with Crippen molar-refractivity contribution in [2.45, 2.75) is 19.9 Å². The molecule has 20 heavy (non-hydrogen) atoms. The van der Waals surface area contributed by atoms with E-state index in [9.17, 15) is 9.59 Å². The zero-order chi connectivity index (χ0) is 15.0. The molecule has 0 aliphatic heterocycles. The molecule has 2 heterocycles. The Hall–Kier alpha value is -2.09. The van der Waals surface area contributed by atoms with Crippen molar-refractivity contribution in [1.82, 2.24) is 18.7 Å². The Morgan fingerprint density at radius 1 is 1.25 bits per heavy atom. The highest BCUT2D eigenvalue weighted by Gasteiger charge is 2.19. The number of aryl methyl sites for hydroxylation is 1. The van der Waals surface area contributed by atoms with Crippen LogP contribution < -0.4 is 22.3 Å². The van der Waals surface area contributed by atoms with E-state index in [0.717, 1.165) is 4.57 Å². The van der Waals surface area contributed by atoms with E-state index in [4.69, 9.17) is 5.73 Å². The first kappa shape index (κ1) is 14.3. The summed E-state index contributed by atoms with van der Waals surface area (Å²) in [5.41, 5.74) is 5.55. The quantitative estimate of drug-likeness (QED) is 0.778. The number of nitrogens with one attached hydrogen (secondary N) is 1. The van der Waals surface area contributed by atoms with E-state index in [-0.39, 0.29) is 17.3 Å². The summed E-state index contributed by atoms with van der Waals surface area (Å²) in [5.74, 6) is 0.530.